The lowest BCUT2D eigenvalue weighted by Gasteiger charge is -2.04. The van der Waals surface area contributed by atoms with E-state index in [0.29, 0.717) is 16.3 Å². The maximum absolute atomic E-state index is 11.8. The van der Waals surface area contributed by atoms with Crippen LogP contribution in [0.1, 0.15) is 11.1 Å². The van der Waals surface area contributed by atoms with E-state index in [1.165, 1.54) is 18.2 Å². The number of benzene rings is 2. The van der Waals surface area contributed by atoms with Crippen molar-refractivity contribution >= 4 is 35.0 Å². The van der Waals surface area contributed by atoms with Gasteiger partial charge in [0.25, 0.3) is 5.69 Å². The van der Waals surface area contributed by atoms with Gasteiger partial charge >= 0.3 is 0 Å². The Balaban J connectivity index is 2.01. The SMILES string of the molecule is Cc1ccc(NC(=O)C=Cc2ccc([N+](=O)[O-])cc2)cc1Cl. The molecular weight excluding hydrogens is 304 g/mol. The number of carbonyl (C=O) groups is 1. The maximum atomic E-state index is 11.8. The monoisotopic (exact) mass is 316 g/mol. The fourth-order valence-electron chi connectivity index (χ4n) is 1.73. The molecule has 2 aromatic rings. The molecular formula is C16H13ClN2O3. The molecule has 2 rings (SSSR count). The number of nitrogens with zero attached hydrogens (tertiary/aromatic N) is 1. The number of nitrogens with one attached hydrogen (secondary N) is 1. The highest BCUT2D eigenvalue weighted by Gasteiger charge is 2.03. The van der Waals surface area contributed by atoms with Crippen LogP contribution < -0.4 is 5.32 Å². The number of aryl methyl sites for hydroxylation is 1. The highest BCUT2D eigenvalue weighted by atomic mass is 35.5. The number of halogens is 1. The summed E-state index contributed by atoms with van der Waals surface area (Å²) in [6, 6.07) is 11.2. The smallest absolute Gasteiger partial charge is 0.269 e. The van der Waals surface area contributed by atoms with Crippen molar-refractivity contribution in [2.24, 2.45) is 0 Å². The average Bonchev–Trinajstić information content (AvgIpc) is 2.49. The van der Waals surface area contributed by atoms with Gasteiger partial charge in [-0.1, -0.05) is 17.7 Å². The first-order valence-corrected chi connectivity index (χ1v) is 6.83. The van der Waals surface area contributed by atoms with Crippen LogP contribution in [0, 0.1) is 17.0 Å². The van der Waals surface area contributed by atoms with Crippen LogP contribution in [-0.4, -0.2) is 10.8 Å². The largest absolute Gasteiger partial charge is 0.322 e. The summed E-state index contributed by atoms with van der Waals surface area (Å²) >= 11 is 5.99. The molecule has 5 nitrogen and oxygen atoms in total. The van der Waals surface area contributed by atoms with Crippen LogP contribution in [0.15, 0.2) is 48.5 Å². The van der Waals surface area contributed by atoms with Crippen molar-refractivity contribution in [1.29, 1.82) is 0 Å². The van der Waals surface area contributed by atoms with Crippen LogP contribution in [0.2, 0.25) is 5.02 Å². The van der Waals surface area contributed by atoms with E-state index >= 15 is 0 Å². The number of hydrogen-bond donors (Lipinski definition) is 1. The van der Waals surface area contributed by atoms with E-state index < -0.39 is 4.92 Å². The minimum atomic E-state index is -0.471. The van der Waals surface area contributed by atoms with Gasteiger partial charge in [-0.05, 0) is 48.4 Å². The van der Waals surface area contributed by atoms with Crippen molar-refractivity contribution in [3.63, 3.8) is 0 Å². The summed E-state index contributed by atoms with van der Waals surface area (Å²) in [7, 11) is 0. The average molecular weight is 317 g/mol. The minimum absolute atomic E-state index is 0.0101. The lowest BCUT2D eigenvalue weighted by molar-refractivity contribution is -0.384. The molecule has 112 valence electrons. The Labute approximate surface area is 132 Å². The number of amides is 1. The molecule has 1 amide bonds. The first-order valence-electron chi connectivity index (χ1n) is 6.45. The predicted octanol–water partition coefficient (Wildman–Crippen LogP) is 4.21. The molecule has 0 aromatic heterocycles. The summed E-state index contributed by atoms with van der Waals surface area (Å²) < 4.78 is 0. The molecule has 0 saturated carbocycles. The van der Waals surface area contributed by atoms with Gasteiger partial charge in [0.15, 0.2) is 0 Å². The molecule has 22 heavy (non-hydrogen) atoms. The summed E-state index contributed by atoms with van der Waals surface area (Å²) in [5.74, 6) is -0.307. The summed E-state index contributed by atoms with van der Waals surface area (Å²) in [5.41, 5.74) is 2.24. The van der Waals surface area contributed by atoms with Crippen LogP contribution in [-0.2, 0) is 4.79 Å². The first kappa shape index (κ1) is 15.7. The second-order valence-electron chi connectivity index (χ2n) is 4.64. The van der Waals surface area contributed by atoms with Gasteiger partial charge < -0.3 is 5.32 Å². The lowest BCUT2D eigenvalue weighted by Crippen LogP contribution is -2.07. The topological polar surface area (TPSA) is 72.2 Å². The molecule has 0 radical (unpaired) electrons. The Kier molecular flexibility index (Phi) is 4.91. The van der Waals surface area contributed by atoms with Gasteiger partial charge in [-0.3, -0.25) is 14.9 Å². The van der Waals surface area contributed by atoms with E-state index in [1.807, 2.05) is 13.0 Å². The molecule has 0 heterocycles. The second kappa shape index (κ2) is 6.87. The van der Waals surface area contributed by atoms with Crippen molar-refractivity contribution in [1.82, 2.24) is 0 Å². The molecule has 0 spiro atoms. The Hall–Kier alpha value is -2.66. The Morgan fingerprint density at radius 1 is 1.23 bits per heavy atom. The van der Waals surface area contributed by atoms with E-state index in [2.05, 4.69) is 5.32 Å². The normalized spacial score (nSPS) is 10.6. The zero-order chi connectivity index (χ0) is 16.1. The van der Waals surface area contributed by atoms with Crippen molar-refractivity contribution in [2.75, 3.05) is 5.32 Å². The van der Waals surface area contributed by atoms with Crippen molar-refractivity contribution in [3.8, 4) is 0 Å². The quantitative estimate of drug-likeness (QED) is 0.521. The molecule has 1 N–H and O–H groups in total. The number of nitro groups is 1. The van der Waals surface area contributed by atoms with Crippen LogP contribution in [0.5, 0.6) is 0 Å². The number of carbonyl (C=O) groups excluding carboxylic acids is 1. The molecule has 0 bridgehead atoms. The highest BCUT2D eigenvalue weighted by molar-refractivity contribution is 6.31. The van der Waals surface area contributed by atoms with Gasteiger partial charge in [0.2, 0.25) is 5.91 Å². The first-order chi connectivity index (χ1) is 10.5. The third-order valence-corrected chi connectivity index (χ3v) is 3.38. The summed E-state index contributed by atoms with van der Waals surface area (Å²) in [4.78, 5) is 21.9. The van der Waals surface area contributed by atoms with Crippen LogP contribution in [0.25, 0.3) is 6.08 Å². The van der Waals surface area contributed by atoms with E-state index in [4.69, 9.17) is 11.6 Å². The van der Waals surface area contributed by atoms with Crippen molar-refractivity contribution in [2.45, 2.75) is 6.92 Å². The van der Waals surface area contributed by atoms with Gasteiger partial charge in [-0.2, -0.15) is 0 Å². The van der Waals surface area contributed by atoms with Crippen LogP contribution in [0.4, 0.5) is 11.4 Å². The molecule has 2 aromatic carbocycles. The third kappa shape index (κ3) is 4.17. The predicted molar refractivity (Wildman–Crippen MR) is 86.9 cm³/mol. The standard InChI is InChI=1S/C16H13ClN2O3/c1-11-2-6-13(10-15(11)17)18-16(20)9-5-12-3-7-14(8-4-12)19(21)22/h2-10H,1H3,(H,18,20). The lowest BCUT2D eigenvalue weighted by atomic mass is 10.2. The Bertz CT molecular complexity index is 740. The molecule has 0 fully saturated rings. The van der Waals surface area contributed by atoms with Gasteiger partial charge in [0.1, 0.15) is 0 Å². The number of hydrogen-bond acceptors (Lipinski definition) is 3. The third-order valence-electron chi connectivity index (χ3n) is 2.97. The summed E-state index contributed by atoms with van der Waals surface area (Å²) in [6.07, 6.45) is 2.93. The Morgan fingerprint density at radius 2 is 1.91 bits per heavy atom. The molecule has 0 aliphatic heterocycles. The molecule has 0 unspecified atom stereocenters. The highest BCUT2D eigenvalue weighted by Crippen LogP contribution is 2.20. The summed E-state index contributed by atoms with van der Waals surface area (Å²) in [6.45, 7) is 1.88. The van der Waals surface area contributed by atoms with Crippen LogP contribution >= 0.6 is 11.6 Å². The van der Waals surface area contributed by atoms with E-state index in [9.17, 15) is 14.9 Å². The second-order valence-corrected chi connectivity index (χ2v) is 5.04. The van der Waals surface area contributed by atoms with E-state index in [0.717, 1.165) is 5.56 Å². The number of non-ortho nitro benzene ring substituents is 1. The van der Waals surface area contributed by atoms with E-state index in [1.54, 1.807) is 30.3 Å². The fraction of sp³-hybridized carbons (Fsp3) is 0.0625. The summed E-state index contributed by atoms with van der Waals surface area (Å²) in [5, 5.41) is 13.8. The molecule has 0 aliphatic carbocycles. The number of nitro benzene ring substituents is 1. The maximum Gasteiger partial charge on any atom is 0.269 e. The van der Waals surface area contributed by atoms with Gasteiger partial charge in [0.05, 0.1) is 4.92 Å². The molecule has 0 saturated heterocycles. The van der Waals surface area contributed by atoms with E-state index in [-0.39, 0.29) is 11.6 Å². The molecule has 6 heteroatoms. The molecule has 0 atom stereocenters. The van der Waals surface area contributed by atoms with Crippen molar-refractivity contribution in [3.05, 3.63) is 74.8 Å². The Morgan fingerprint density at radius 3 is 2.50 bits per heavy atom. The number of anilines is 1. The van der Waals surface area contributed by atoms with Gasteiger partial charge in [-0.15, -0.1) is 0 Å². The zero-order valence-corrected chi connectivity index (χ0v) is 12.5. The molecule has 0 aliphatic rings. The van der Waals surface area contributed by atoms with Crippen LogP contribution in [0.3, 0.4) is 0 Å². The van der Waals surface area contributed by atoms with Gasteiger partial charge in [-0.25, -0.2) is 0 Å². The fourth-order valence-corrected chi connectivity index (χ4v) is 1.91. The number of rotatable bonds is 4. The zero-order valence-electron chi connectivity index (χ0n) is 11.7. The van der Waals surface area contributed by atoms with Gasteiger partial charge in [0, 0.05) is 28.9 Å². The minimum Gasteiger partial charge on any atom is -0.322 e. The van der Waals surface area contributed by atoms with Crippen molar-refractivity contribution < 1.29 is 9.72 Å².